The average Bonchev–Trinajstić information content (AvgIpc) is 2.57. The fourth-order valence-corrected chi connectivity index (χ4v) is 1.44. The fourth-order valence-electron chi connectivity index (χ4n) is 1.44. The lowest BCUT2D eigenvalue weighted by atomic mass is 9.83. The Labute approximate surface area is 79.0 Å². The fraction of sp³-hybridized carbons (Fsp3) is 0.400. The van der Waals surface area contributed by atoms with Gasteiger partial charge in [0.05, 0.1) is 0 Å². The molecule has 0 bridgehead atoms. The number of hydrogen-bond donors (Lipinski definition) is 0. The van der Waals surface area contributed by atoms with Crippen LogP contribution in [-0.4, -0.2) is 7.12 Å². The second-order valence-corrected chi connectivity index (χ2v) is 3.25. The predicted octanol–water partition coefficient (Wildman–Crippen LogP) is 2.75. The summed E-state index contributed by atoms with van der Waals surface area (Å²) in [7, 11) is -0.0580. The first-order valence-corrected chi connectivity index (χ1v) is 4.82. The molecule has 0 aliphatic carbocycles. The second-order valence-electron chi connectivity index (χ2n) is 3.25. The van der Waals surface area contributed by atoms with Gasteiger partial charge in [0.25, 0.3) is 0 Å². The van der Waals surface area contributed by atoms with Crippen LogP contribution in [-0.2, 0) is 0 Å². The zero-order chi connectivity index (χ0) is 9.10. The van der Waals surface area contributed by atoms with Crippen molar-refractivity contribution in [3.63, 3.8) is 0 Å². The molecule has 0 spiro atoms. The summed E-state index contributed by atoms with van der Waals surface area (Å²) in [5.41, 5.74) is 0. The lowest BCUT2D eigenvalue weighted by Gasteiger charge is -2.02. The van der Waals surface area contributed by atoms with Crippen LogP contribution in [0.1, 0.15) is 19.8 Å². The van der Waals surface area contributed by atoms with Crippen LogP contribution in [0.4, 0.5) is 0 Å². The molecule has 68 valence electrons. The van der Waals surface area contributed by atoms with Gasteiger partial charge in [0, 0.05) is 6.32 Å². The maximum atomic E-state index is 5.59. The van der Waals surface area contributed by atoms with Crippen LogP contribution >= 0.6 is 0 Å². The average molecular weight is 176 g/mol. The van der Waals surface area contributed by atoms with Gasteiger partial charge in [-0.2, -0.15) is 0 Å². The number of fused-ring (bicyclic) bond motifs is 1. The van der Waals surface area contributed by atoms with E-state index in [1.165, 1.54) is 6.42 Å². The normalized spacial score (nSPS) is 13.5. The Kier molecular flexibility index (Phi) is 2.43. The van der Waals surface area contributed by atoms with E-state index in [4.69, 9.17) is 9.31 Å². The minimum atomic E-state index is -0.0580. The van der Waals surface area contributed by atoms with Gasteiger partial charge in [0.2, 0.25) is 0 Å². The molecule has 0 radical (unpaired) electrons. The van der Waals surface area contributed by atoms with E-state index in [1.807, 2.05) is 24.3 Å². The Morgan fingerprint density at radius 3 is 2.31 bits per heavy atom. The highest BCUT2D eigenvalue weighted by Gasteiger charge is 2.30. The molecule has 1 aromatic rings. The Balaban J connectivity index is 1.97. The van der Waals surface area contributed by atoms with Crippen molar-refractivity contribution >= 4 is 7.12 Å². The summed E-state index contributed by atoms with van der Waals surface area (Å²) in [5.74, 6) is 1.76. The van der Waals surface area contributed by atoms with Gasteiger partial charge in [0.15, 0.2) is 0 Å². The van der Waals surface area contributed by atoms with Gasteiger partial charge >= 0.3 is 7.12 Å². The van der Waals surface area contributed by atoms with E-state index >= 15 is 0 Å². The van der Waals surface area contributed by atoms with Crippen LogP contribution in [0.2, 0.25) is 6.32 Å². The van der Waals surface area contributed by atoms with Crippen molar-refractivity contribution in [3.05, 3.63) is 24.3 Å². The number of rotatable bonds is 3. The molecule has 0 saturated heterocycles. The Bertz CT molecular complexity index is 263. The molecule has 0 amide bonds. The van der Waals surface area contributed by atoms with Gasteiger partial charge in [-0.05, 0) is 12.1 Å². The van der Waals surface area contributed by atoms with Gasteiger partial charge in [-0.3, -0.25) is 0 Å². The molecule has 1 heterocycles. The Hall–Kier alpha value is -1.12. The van der Waals surface area contributed by atoms with Crippen molar-refractivity contribution in [1.29, 1.82) is 0 Å². The highest BCUT2D eigenvalue weighted by Crippen LogP contribution is 2.33. The highest BCUT2D eigenvalue weighted by molar-refractivity contribution is 6.47. The summed E-state index contributed by atoms with van der Waals surface area (Å²) in [5, 5.41) is 0. The van der Waals surface area contributed by atoms with E-state index in [0.717, 1.165) is 24.2 Å². The maximum Gasteiger partial charge on any atom is 0.594 e. The molecule has 0 atom stereocenters. The smallest absolute Gasteiger partial charge is 0.523 e. The monoisotopic (exact) mass is 176 g/mol. The number of hydrogen-bond acceptors (Lipinski definition) is 2. The maximum absolute atomic E-state index is 5.59. The number of para-hydroxylation sites is 2. The minimum absolute atomic E-state index is 0.0580. The standard InChI is InChI=1S/C10H13BO2/c1-2-3-8-11-12-9-6-4-5-7-10(9)13-11/h4-7H,2-3,8H2,1H3. The molecule has 1 aromatic carbocycles. The first kappa shape index (κ1) is 8.48. The summed E-state index contributed by atoms with van der Waals surface area (Å²) in [6.07, 6.45) is 3.31. The van der Waals surface area contributed by atoms with E-state index in [1.54, 1.807) is 0 Å². The van der Waals surface area contributed by atoms with Crippen LogP contribution in [0.25, 0.3) is 0 Å². The van der Waals surface area contributed by atoms with Crippen molar-refractivity contribution in [3.8, 4) is 11.5 Å². The summed E-state index contributed by atoms with van der Waals surface area (Å²) in [6, 6.07) is 7.82. The van der Waals surface area contributed by atoms with Crippen LogP contribution in [0, 0.1) is 0 Å². The van der Waals surface area contributed by atoms with Gasteiger partial charge < -0.3 is 9.31 Å². The SMILES string of the molecule is CCCCB1Oc2ccccc2O1. The molecule has 2 rings (SSSR count). The molecule has 3 heteroatoms. The molecule has 0 N–H and O–H groups in total. The molecule has 0 aromatic heterocycles. The summed E-state index contributed by atoms with van der Waals surface area (Å²) < 4.78 is 11.2. The van der Waals surface area contributed by atoms with Crippen molar-refractivity contribution < 1.29 is 9.31 Å². The van der Waals surface area contributed by atoms with Crippen molar-refractivity contribution in [1.82, 2.24) is 0 Å². The van der Waals surface area contributed by atoms with Crippen LogP contribution in [0.3, 0.4) is 0 Å². The van der Waals surface area contributed by atoms with E-state index in [2.05, 4.69) is 6.92 Å². The largest absolute Gasteiger partial charge is 0.594 e. The Morgan fingerprint density at radius 2 is 1.77 bits per heavy atom. The summed E-state index contributed by atoms with van der Waals surface area (Å²) >= 11 is 0. The molecule has 2 nitrogen and oxygen atoms in total. The molecular weight excluding hydrogens is 163 g/mol. The summed E-state index contributed by atoms with van der Waals surface area (Å²) in [4.78, 5) is 0. The van der Waals surface area contributed by atoms with Crippen molar-refractivity contribution in [2.45, 2.75) is 26.1 Å². The third kappa shape index (κ3) is 1.79. The van der Waals surface area contributed by atoms with Crippen LogP contribution in [0.5, 0.6) is 11.5 Å². The van der Waals surface area contributed by atoms with Gasteiger partial charge in [-0.25, -0.2) is 0 Å². The van der Waals surface area contributed by atoms with Crippen molar-refractivity contribution in [2.24, 2.45) is 0 Å². The topological polar surface area (TPSA) is 18.5 Å². The number of unbranched alkanes of at least 4 members (excludes halogenated alkanes) is 1. The first-order chi connectivity index (χ1) is 6.40. The van der Waals surface area contributed by atoms with Crippen LogP contribution in [0.15, 0.2) is 24.3 Å². The van der Waals surface area contributed by atoms with Crippen molar-refractivity contribution in [2.75, 3.05) is 0 Å². The third-order valence-electron chi connectivity index (χ3n) is 2.16. The molecular formula is C10H13BO2. The molecule has 13 heavy (non-hydrogen) atoms. The molecule has 0 fully saturated rings. The van der Waals surface area contributed by atoms with E-state index in [-0.39, 0.29) is 7.12 Å². The Morgan fingerprint density at radius 1 is 1.15 bits per heavy atom. The molecule has 0 saturated carbocycles. The zero-order valence-corrected chi connectivity index (χ0v) is 7.82. The predicted molar refractivity (Wildman–Crippen MR) is 53.2 cm³/mol. The van der Waals surface area contributed by atoms with Gasteiger partial charge in [-0.15, -0.1) is 0 Å². The molecule has 1 aliphatic rings. The number of benzene rings is 1. The first-order valence-electron chi connectivity index (χ1n) is 4.82. The van der Waals surface area contributed by atoms with Crippen LogP contribution < -0.4 is 9.31 Å². The van der Waals surface area contributed by atoms with E-state index in [0.29, 0.717) is 0 Å². The lowest BCUT2D eigenvalue weighted by molar-refractivity contribution is 0.492. The minimum Gasteiger partial charge on any atom is -0.523 e. The van der Waals surface area contributed by atoms with Gasteiger partial charge in [-0.1, -0.05) is 31.9 Å². The lowest BCUT2D eigenvalue weighted by Crippen LogP contribution is -2.23. The quantitative estimate of drug-likeness (QED) is 0.659. The van der Waals surface area contributed by atoms with Gasteiger partial charge in [0.1, 0.15) is 11.5 Å². The van der Waals surface area contributed by atoms with E-state index < -0.39 is 0 Å². The third-order valence-corrected chi connectivity index (χ3v) is 2.16. The molecule has 1 aliphatic heterocycles. The summed E-state index contributed by atoms with van der Waals surface area (Å²) in [6.45, 7) is 2.17. The highest BCUT2D eigenvalue weighted by atomic mass is 16.6. The zero-order valence-electron chi connectivity index (χ0n) is 7.82. The second kappa shape index (κ2) is 3.73. The molecule has 0 unspecified atom stereocenters. The van der Waals surface area contributed by atoms with E-state index in [9.17, 15) is 0 Å².